The van der Waals surface area contributed by atoms with Crippen molar-refractivity contribution in [1.82, 2.24) is 4.31 Å². The molecule has 2 heterocycles. The smallest absolute Gasteiger partial charge is 0.243 e. The van der Waals surface area contributed by atoms with Gasteiger partial charge in [-0.15, -0.1) is 0 Å². The molecule has 2 aliphatic rings. The van der Waals surface area contributed by atoms with Crippen LogP contribution < -0.4 is 4.31 Å². The summed E-state index contributed by atoms with van der Waals surface area (Å²) < 4.78 is 67.8. The summed E-state index contributed by atoms with van der Waals surface area (Å²) in [5.74, 6) is -0.787. The average molecular weight is 439 g/mol. The van der Waals surface area contributed by atoms with E-state index in [9.17, 15) is 21.2 Å². The van der Waals surface area contributed by atoms with E-state index in [1.54, 1.807) is 18.2 Å². The lowest BCUT2D eigenvalue weighted by Gasteiger charge is -2.26. The second-order valence-corrected chi connectivity index (χ2v) is 11.3. The molecule has 0 spiro atoms. The number of benzene rings is 2. The zero-order valence-electron chi connectivity index (χ0n) is 15.9. The third kappa shape index (κ3) is 4.04. The highest BCUT2D eigenvalue weighted by Crippen LogP contribution is 2.34. The monoisotopic (exact) mass is 438 g/mol. The molecular formula is C20H23FN2O4S2. The molecule has 2 aromatic rings. The van der Waals surface area contributed by atoms with E-state index in [0.29, 0.717) is 36.3 Å². The average Bonchev–Trinajstić information content (AvgIpc) is 3.12. The summed E-state index contributed by atoms with van der Waals surface area (Å²) in [4.78, 5) is 0.211. The minimum Gasteiger partial charge on any atom is -0.269 e. The van der Waals surface area contributed by atoms with Crippen molar-refractivity contribution >= 4 is 25.7 Å². The lowest BCUT2D eigenvalue weighted by molar-refractivity contribution is 0.346. The molecule has 0 N–H and O–H groups in total. The predicted octanol–water partition coefficient (Wildman–Crippen LogP) is 2.89. The van der Waals surface area contributed by atoms with E-state index >= 15 is 0 Å². The number of fused-ring (bicyclic) bond motifs is 1. The Bertz CT molecular complexity index is 1130. The van der Waals surface area contributed by atoms with Gasteiger partial charge in [0, 0.05) is 19.6 Å². The third-order valence-electron chi connectivity index (χ3n) is 5.43. The first kappa shape index (κ1) is 20.3. The van der Waals surface area contributed by atoms with E-state index in [4.69, 9.17) is 0 Å². The summed E-state index contributed by atoms with van der Waals surface area (Å²) >= 11 is 0. The van der Waals surface area contributed by atoms with Crippen molar-refractivity contribution in [3.63, 3.8) is 0 Å². The van der Waals surface area contributed by atoms with E-state index in [-0.39, 0.29) is 17.2 Å². The van der Waals surface area contributed by atoms with Gasteiger partial charge in [0.15, 0.2) is 0 Å². The molecular weight excluding hydrogens is 415 g/mol. The van der Waals surface area contributed by atoms with Crippen LogP contribution in [-0.2, 0) is 32.2 Å². The van der Waals surface area contributed by atoms with Gasteiger partial charge in [-0.1, -0.05) is 18.6 Å². The van der Waals surface area contributed by atoms with Crippen LogP contribution in [-0.4, -0.2) is 40.8 Å². The molecule has 0 bridgehead atoms. The SMILES string of the molecule is O=S(=O)(Cc1cccc(F)c1)N1CCc2cc(S(=O)(=O)N3CCCCC3)ccc21. The standard InChI is InChI=1S/C20H23FN2O4S2/c21-18-6-4-5-16(13-18)15-28(24,25)23-12-9-17-14-19(7-8-20(17)23)29(26,27)22-10-2-1-3-11-22/h4-8,13-14H,1-3,9-12,15H2. The quantitative estimate of drug-likeness (QED) is 0.720. The van der Waals surface area contributed by atoms with Crippen LogP contribution in [0.15, 0.2) is 47.4 Å². The lowest BCUT2D eigenvalue weighted by Crippen LogP contribution is -2.35. The van der Waals surface area contributed by atoms with Gasteiger partial charge in [0.2, 0.25) is 20.0 Å². The first-order valence-electron chi connectivity index (χ1n) is 9.65. The van der Waals surface area contributed by atoms with Crippen molar-refractivity contribution < 1.29 is 21.2 Å². The molecule has 9 heteroatoms. The normalized spacial score (nSPS) is 18.0. The van der Waals surface area contributed by atoms with Crippen LogP contribution in [0.1, 0.15) is 30.4 Å². The largest absolute Gasteiger partial charge is 0.269 e. The zero-order chi connectivity index (χ0) is 20.6. The maximum Gasteiger partial charge on any atom is 0.243 e. The Morgan fingerprint density at radius 2 is 1.66 bits per heavy atom. The summed E-state index contributed by atoms with van der Waals surface area (Å²) in [5.41, 5.74) is 1.58. The fourth-order valence-corrected chi connectivity index (χ4v) is 7.14. The lowest BCUT2D eigenvalue weighted by atomic mass is 10.2. The van der Waals surface area contributed by atoms with E-state index in [2.05, 4.69) is 0 Å². The van der Waals surface area contributed by atoms with Gasteiger partial charge in [0.05, 0.1) is 16.3 Å². The second-order valence-electron chi connectivity index (χ2n) is 7.46. The Morgan fingerprint density at radius 3 is 2.38 bits per heavy atom. The van der Waals surface area contributed by atoms with Crippen LogP contribution in [0.2, 0.25) is 0 Å². The summed E-state index contributed by atoms with van der Waals surface area (Å²) in [6.45, 7) is 1.29. The number of rotatable bonds is 5. The van der Waals surface area contributed by atoms with Crippen molar-refractivity contribution in [3.05, 3.63) is 59.4 Å². The molecule has 0 amide bonds. The Kier molecular flexibility index (Phi) is 5.39. The van der Waals surface area contributed by atoms with Crippen molar-refractivity contribution in [3.8, 4) is 0 Å². The molecule has 29 heavy (non-hydrogen) atoms. The zero-order valence-corrected chi connectivity index (χ0v) is 17.6. The highest BCUT2D eigenvalue weighted by molar-refractivity contribution is 7.92. The van der Waals surface area contributed by atoms with Crippen molar-refractivity contribution in [2.45, 2.75) is 36.3 Å². The molecule has 0 radical (unpaired) electrons. The van der Waals surface area contributed by atoms with Crippen LogP contribution in [0, 0.1) is 5.82 Å². The molecule has 2 aromatic carbocycles. The molecule has 0 aromatic heterocycles. The number of halogens is 1. The summed E-state index contributed by atoms with van der Waals surface area (Å²) in [6, 6.07) is 10.2. The van der Waals surface area contributed by atoms with E-state index in [1.807, 2.05) is 0 Å². The fraction of sp³-hybridized carbons (Fsp3) is 0.400. The highest BCUT2D eigenvalue weighted by atomic mass is 32.2. The van der Waals surface area contributed by atoms with Crippen LogP contribution in [0.5, 0.6) is 0 Å². The molecule has 6 nitrogen and oxygen atoms in total. The number of piperidine rings is 1. The van der Waals surface area contributed by atoms with E-state index < -0.39 is 25.9 Å². The second kappa shape index (κ2) is 7.70. The van der Waals surface area contributed by atoms with Gasteiger partial charge in [-0.05, 0) is 60.7 Å². The fourth-order valence-electron chi connectivity index (χ4n) is 3.97. The van der Waals surface area contributed by atoms with Gasteiger partial charge in [-0.3, -0.25) is 4.31 Å². The molecule has 0 atom stereocenters. The first-order valence-corrected chi connectivity index (χ1v) is 12.7. The van der Waals surface area contributed by atoms with Crippen LogP contribution in [0.4, 0.5) is 10.1 Å². The Morgan fingerprint density at radius 1 is 0.897 bits per heavy atom. The number of anilines is 1. The maximum atomic E-state index is 13.4. The summed E-state index contributed by atoms with van der Waals surface area (Å²) in [7, 11) is -7.27. The molecule has 2 aliphatic heterocycles. The molecule has 0 saturated carbocycles. The van der Waals surface area contributed by atoms with Crippen molar-refractivity contribution in [2.75, 3.05) is 23.9 Å². The summed E-state index contributed by atoms with van der Waals surface area (Å²) in [6.07, 6.45) is 3.20. The van der Waals surface area contributed by atoms with Gasteiger partial charge < -0.3 is 0 Å². The Balaban J connectivity index is 1.59. The molecule has 1 fully saturated rings. The molecule has 0 unspecified atom stereocenters. The molecule has 1 saturated heterocycles. The number of hydrogen-bond acceptors (Lipinski definition) is 4. The van der Waals surface area contributed by atoms with Crippen molar-refractivity contribution in [1.29, 1.82) is 0 Å². The Labute approximate surface area is 171 Å². The van der Waals surface area contributed by atoms with Crippen LogP contribution >= 0.6 is 0 Å². The van der Waals surface area contributed by atoms with Gasteiger partial charge in [0.1, 0.15) is 5.82 Å². The number of sulfonamides is 2. The predicted molar refractivity (Wildman–Crippen MR) is 109 cm³/mol. The Hall–Kier alpha value is -1.97. The maximum absolute atomic E-state index is 13.4. The van der Waals surface area contributed by atoms with Gasteiger partial charge in [-0.25, -0.2) is 21.2 Å². The highest BCUT2D eigenvalue weighted by Gasteiger charge is 2.32. The van der Waals surface area contributed by atoms with Crippen molar-refractivity contribution in [2.24, 2.45) is 0 Å². The summed E-state index contributed by atoms with van der Waals surface area (Å²) in [5, 5.41) is 0. The minimum atomic E-state index is -3.71. The molecule has 0 aliphatic carbocycles. The first-order chi connectivity index (χ1) is 13.8. The minimum absolute atomic E-state index is 0.211. The number of hydrogen-bond donors (Lipinski definition) is 0. The van der Waals surface area contributed by atoms with Crippen LogP contribution in [0.25, 0.3) is 0 Å². The van der Waals surface area contributed by atoms with Gasteiger partial charge >= 0.3 is 0 Å². The number of nitrogens with zero attached hydrogens (tertiary/aromatic N) is 2. The van der Waals surface area contributed by atoms with Gasteiger partial charge in [0.25, 0.3) is 0 Å². The topological polar surface area (TPSA) is 74.8 Å². The molecule has 156 valence electrons. The molecule has 4 rings (SSSR count). The van der Waals surface area contributed by atoms with E-state index in [0.717, 1.165) is 19.3 Å². The third-order valence-corrected chi connectivity index (χ3v) is 9.07. The van der Waals surface area contributed by atoms with Crippen LogP contribution in [0.3, 0.4) is 0 Å². The van der Waals surface area contributed by atoms with E-state index in [1.165, 1.54) is 32.9 Å². The van der Waals surface area contributed by atoms with Gasteiger partial charge in [-0.2, -0.15) is 4.31 Å².